The molecule has 1 heterocycles. The van der Waals surface area contributed by atoms with Crippen LogP contribution in [0.15, 0.2) is 6.33 Å². The van der Waals surface area contributed by atoms with Crippen LogP contribution in [0.25, 0.3) is 0 Å². The summed E-state index contributed by atoms with van der Waals surface area (Å²) in [6, 6.07) is 0. The molecule has 3 N–H and O–H groups in total. The highest BCUT2D eigenvalue weighted by molar-refractivity contribution is 5.68. The van der Waals surface area contributed by atoms with Gasteiger partial charge in [-0.15, -0.1) is 5.10 Å². The first kappa shape index (κ1) is 9.46. The van der Waals surface area contributed by atoms with Gasteiger partial charge in [0, 0.05) is 0 Å². The summed E-state index contributed by atoms with van der Waals surface area (Å²) in [6.45, 7) is -0.252. The molecule has 1 aromatic rings. The number of rotatable bonds is 4. The van der Waals surface area contributed by atoms with Crippen LogP contribution in [0.3, 0.4) is 0 Å². The topological polar surface area (TPSA) is 103 Å². The quantitative estimate of drug-likeness (QED) is 0.548. The zero-order valence-electron chi connectivity index (χ0n) is 6.88. The van der Waals surface area contributed by atoms with Crippen molar-refractivity contribution in [2.75, 3.05) is 18.9 Å². The summed E-state index contributed by atoms with van der Waals surface area (Å²) in [7, 11) is 0. The number of aliphatic hydroxyl groups excluding tert-OH is 1. The van der Waals surface area contributed by atoms with Crippen LogP contribution >= 0.6 is 0 Å². The van der Waals surface area contributed by atoms with Gasteiger partial charge in [0.2, 0.25) is 5.95 Å². The van der Waals surface area contributed by atoms with Gasteiger partial charge in [0.25, 0.3) is 0 Å². The molecule has 0 aromatic carbocycles. The smallest absolute Gasteiger partial charge is 0.327 e. The molecule has 0 fully saturated rings. The van der Waals surface area contributed by atoms with Crippen molar-refractivity contribution in [1.29, 1.82) is 0 Å². The van der Waals surface area contributed by atoms with Gasteiger partial charge >= 0.3 is 5.97 Å². The van der Waals surface area contributed by atoms with E-state index in [2.05, 4.69) is 14.8 Å². The van der Waals surface area contributed by atoms with Gasteiger partial charge in [-0.1, -0.05) is 0 Å². The fourth-order valence-corrected chi connectivity index (χ4v) is 0.723. The first-order chi connectivity index (χ1) is 6.22. The summed E-state index contributed by atoms with van der Waals surface area (Å²) in [6.07, 6.45) is 1.33. The van der Waals surface area contributed by atoms with Crippen molar-refractivity contribution in [3.05, 3.63) is 6.33 Å². The van der Waals surface area contributed by atoms with Crippen LogP contribution in [-0.2, 0) is 16.1 Å². The number of carbonyl (C=O) groups is 1. The number of hydrogen-bond donors (Lipinski definition) is 2. The van der Waals surface area contributed by atoms with E-state index in [0.717, 1.165) is 0 Å². The summed E-state index contributed by atoms with van der Waals surface area (Å²) < 4.78 is 5.84. The van der Waals surface area contributed by atoms with Gasteiger partial charge in [0.1, 0.15) is 19.5 Å². The third kappa shape index (κ3) is 3.08. The lowest BCUT2D eigenvalue weighted by Gasteiger charge is -2.01. The van der Waals surface area contributed by atoms with Crippen LogP contribution in [0.2, 0.25) is 0 Å². The lowest BCUT2D eigenvalue weighted by Crippen LogP contribution is -2.15. The van der Waals surface area contributed by atoms with E-state index in [1.165, 1.54) is 11.0 Å². The molecule has 0 radical (unpaired) electrons. The molecule has 0 aliphatic heterocycles. The number of carbonyl (C=O) groups excluding carboxylic acids is 1. The Morgan fingerprint density at radius 3 is 3.08 bits per heavy atom. The lowest BCUT2D eigenvalue weighted by molar-refractivity contribution is -0.145. The second kappa shape index (κ2) is 4.41. The minimum atomic E-state index is -0.487. The molecule has 0 saturated carbocycles. The number of esters is 1. The first-order valence-electron chi connectivity index (χ1n) is 3.64. The summed E-state index contributed by atoms with van der Waals surface area (Å²) in [4.78, 5) is 14.5. The average Bonchev–Trinajstić information content (AvgIpc) is 2.48. The molecular weight excluding hydrogens is 176 g/mol. The van der Waals surface area contributed by atoms with Crippen LogP contribution in [0.5, 0.6) is 0 Å². The van der Waals surface area contributed by atoms with Gasteiger partial charge in [-0.3, -0.25) is 4.79 Å². The van der Waals surface area contributed by atoms with E-state index in [9.17, 15) is 4.79 Å². The Bertz CT molecular complexity index is 285. The highest BCUT2D eigenvalue weighted by atomic mass is 16.5. The molecule has 1 aromatic heterocycles. The maximum absolute atomic E-state index is 10.9. The van der Waals surface area contributed by atoms with Crippen molar-refractivity contribution in [3.8, 4) is 0 Å². The average molecular weight is 186 g/mol. The van der Waals surface area contributed by atoms with Crippen molar-refractivity contribution in [2.45, 2.75) is 6.54 Å². The molecule has 0 aliphatic carbocycles. The molecular formula is C6H10N4O3. The minimum Gasteiger partial charge on any atom is -0.462 e. The number of aromatic nitrogens is 3. The Hall–Kier alpha value is -1.63. The zero-order chi connectivity index (χ0) is 9.68. The Kier molecular flexibility index (Phi) is 3.21. The molecule has 13 heavy (non-hydrogen) atoms. The van der Waals surface area contributed by atoms with Crippen molar-refractivity contribution in [3.63, 3.8) is 0 Å². The molecule has 7 nitrogen and oxygen atoms in total. The van der Waals surface area contributed by atoms with E-state index in [-0.39, 0.29) is 25.7 Å². The molecule has 72 valence electrons. The number of anilines is 1. The Morgan fingerprint density at radius 2 is 2.54 bits per heavy atom. The van der Waals surface area contributed by atoms with Gasteiger partial charge in [-0.05, 0) is 0 Å². The van der Waals surface area contributed by atoms with E-state index in [4.69, 9.17) is 10.8 Å². The molecule has 0 saturated heterocycles. The van der Waals surface area contributed by atoms with Gasteiger partial charge in [-0.25, -0.2) is 9.67 Å². The molecule has 7 heteroatoms. The molecule has 1 rings (SSSR count). The maximum Gasteiger partial charge on any atom is 0.327 e. The van der Waals surface area contributed by atoms with Crippen molar-refractivity contribution in [2.24, 2.45) is 0 Å². The van der Waals surface area contributed by atoms with E-state index in [1.807, 2.05) is 0 Å². The largest absolute Gasteiger partial charge is 0.462 e. The van der Waals surface area contributed by atoms with Crippen molar-refractivity contribution in [1.82, 2.24) is 14.8 Å². The third-order valence-electron chi connectivity index (χ3n) is 1.20. The zero-order valence-corrected chi connectivity index (χ0v) is 6.88. The fourth-order valence-electron chi connectivity index (χ4n) is 0.723. The van der Waals surface area contributed by atoms with Crippen molar-refractivity contribution >= 4 is 11.9 Å². The molecule has 0 bridgehead atoms. The van der Waals surface area contributed by atoms with E-state index >= 15 is 0 Å². The lowest BCUT2D eigenvalue weighted by atomic mass is 10.6. The second-order valence-corrected chi connectivity index (χ2v) is 2.24. The predicted molar refractivity (Wildman–Crippen MR) is 42.5 cm³/mol. The molecule has 0 unspecified atom stereocenters. The van der Waals surface area contributed by atoms with E-state index < -0.39 is 5.97 Å². The third-order valence-corrected chi connectivity index (χ3v) is 1.20. The number of nitrogens with zero attached hydrogens (tertiary/aromatic N) is 3. The molecule has 0 atom stereocenters. The summed E-state index contributed by atoms with van der Waals surface area (Å²) >= 11 is 0. The monoisotopic (exact) mass is 186 g/mol. The maximum atomic E-state index is 10.9. The van der Waals surface area contributed by atoms with E-state index in [1.54, 1.807) is 0 Å². The number of hydrogen-bond acceptors (Lipinski definition) is 6. The van der Waals surface area contributed by atoms with Crippen LogP contribution in [-0.4, -0.2) is 39.1 Å². The summed E-state index contributed by atoms with van der Waals surface area (Å²) in [5.41, 5.74) is 5.22. The Labute approximate surface area is 74.1 Å². The number of ether oxygens (including phenoxy) is 1. The van der Waals surface area contributed by atoms with Crippen LogP contribution in [0.1, 0.15) is 0 Å². The van der Waals surface area contributed by atoms with Gasteiger partial charge < -0.3 is 15.6 Å². The van der Waals surface area contributed by atoms with Gasteiger partial charge in [0.05, 0.1) is 6.61 Å². The fraction of sp³-hybridized carbons (Fsp3) is 0.500. The molecule has 0 amide bonds. The standard InChI is InChI=1S/C6H10N4O3/c7-6-8-4-10(9-6)3-5(12)13-2-1-11/h4,11H,1-3H2,(H2,7,9). The predicted octanol–water partition coefficient (Wildman–Crippen LogP) is -1.60. The summed E-state index contributed by atoms with van der Waals surface area (Å²) in [5.74, 6) is -0.381. The SMILES string of the molecule is Nc1ncn(CC(=O)OCCO)n1. The normalized spacial score (nSPS) is 9.92. The molecule has 0 spiro atoms. The minimum absolute atomic E-state index is 0.0109. The number of nitrogens with two attached hydrogens (primary N) is 1. The van der Waals surface area contributed by atoms with Crippen molar-refractivity contribution < 1.29 is 14.6 Å². The number of nitrogen functional groups attached to an aromatic ring is 1. The highest BCUT2D eigenvalue weighted by Crippen LogP contribution is 1.90. The Balaban J connectivity index is 2.36. The van der Waals surface area contributed by atoms with Gasteiger partial charge in [0.15, 0.2) is 0 Å². The number of aliphatic hydroxyl groups is 1. The second-order valence-electron chi connectivity index (χ2n) is 2.24. The van der Waals surface area contributed by atoms with Crippen LogP contribution in [0, 0.1) is 0 Å². The first-order valence-corrected chi connectivity index (χ1v) is 3.64. The Morgan fingerprint density at radius 1 is 1.77 bits per heavy atom. The van der Waals surface area contributed by atoms with Crippen LogP contribution < -0.4 is 5.73 Å². The highest BCUT2D eigenvalue weighted by Gasteiger charge is 2.04. The van der Waals surface area contributed by atoms with Crippen LogP contribution in [0.4, 0.5) is 5.95 Å². The van der Waals surface area contributed by atoms with E-state index in [0.29, 0.717) is 0 Å². The summed E-state index contributed by atoms with van der Waals surface area (Å²) in [5, 5.41) is 12.0. The van der Waals surface area contributed by atoms with Gasteiger partial charge in [-0.2, -0.15) is 0 Å². The molecule has 0 aliphatic rings.